The average molecular weight is 351 g/mol. The Hall–Kier alpha value is -3.09. The van der Waals surface area contributed by atoms with Crippen molar-refractivity contribution in [2.45, 2.75) is 34.6 Å². The molecule has 134 valence electrons. The molecule has 0 aliphatic heterocycles. The third kappa shape index (κ3) is 3.46. The van der Waals surface area contributed by atoms with E-state index in [2.05, 4.69) is 45.2 Å². The van der Waals surface area contributed by atoms with Gasteiger partial charge in [-0.25, -0.2) is 24.7 Å². The van der Waals surface area contributed by atoms with E-state index < -0.39 is 5.97 Å². The molecule has 1 aromatic carbocycles. The number of nitrogens with zero attached hydrogens (tertiary/aromatic N) is 4. The molecule has 7 heteroatoms. The first-order chi connectivity index (χ1) is 12.4. The summed E-state index contributed by atoms with van der Waals surface area (Å²) in [6.07, 6.45) is 1.45. The number of carbonyl (C=O) groups excluding carboxylic acids is 1. The summed E-state index contributed by atoms with van der Waals surface area (Å²) in [5.41, 5.74) is 5.00. The number of esters is 1. The molecule has 3 aromatic rings. The van der Waals surface area contributed by atoms with Gasteiger partial charge in [0.05, 0.1) is 29.1 Å². The Kier molecular flexibility index (Phi) is 4.79. The minimum absolute atomic E-state index is 0.307. The normalized spacial score (nSPS) is 10.8. The van der Waals surface area contributed by atoms with E-state index in [0.29, 0.717) is 29.8 Å². The fourth-order valence-corrected chi connectivity index (χ4v) is 2.63. The van der Waals surface area contributed by atoms with Crippen molar-refractivity contribution in [1.82, 2.24) is 19.9 Å². The van der Waals surface area contributed by atoms with Crippen LogP contribution in [0.15, 0.2) is 18.3 Å². The van der Waals surface area contributed by atoms with E-state index in [1.807, 2.05) is 13.0 Å². The number of nitrogens with one attached hydrogen (secondary N) is 1. The predicted molar refractivity (Wildman–Crippen MR) is 99.8 cm³/mol. The molecule has 3 rings (SSSR count). The first-order valence-corrected chi connectivity index (χ1v) is 8.42. The first kappa shape index (κ1) is 17.7. The summed E-state index contributed by atoms with van der Waals surface area (Å²) in [7, 11) is 0. The Morgan fingerprint density at radius 2 is 1.69 bits per heavy atom. The van der Waals surface area contributed by atoms with Gasteiger partial charge < -0.3 is 4.74 Å². The van der Waals surface area contributed by atoms with Crippen molar-refractivity contribution in [3.63, 3.8) is 0 Å². The lowest BCUT2D eigenvalue weighted by Crippen LogP contribution is -2.10. The van der Waals surface area contributed by atoms with Crippen LogP contribution in [-0.2, 0) is 4.74 Å². The molecule has 0 spiro atoms. The second-order valence-electron chi connectivity index (χ2n) is 6.12. The summed E-state index contributed by atoms with van der Waals surface area (Å²) in [6.45, 7) is 9.87. The number of fused-ring (bicyclic) bond motifs is 1. The zero-order chi connectivity index (χ0) is 18.8. The summed E-state index contributed by atoms with van der Waals surface area (Å²) >= 11 is 0. The van der Waals surface area contributed by atoms with Crippen molar-refractivity contribution in [3.8, 4) is 0 Å². The highest BCUT2D eigenvalue weighted by molar-refractivity contribution is 5.90. The molecule has 26 heavy (non-hydrogen) atoms. The van der Waals surface area contributed by atoms with Crippen LogP contribution in [0.3, 0.4) is 0 Å². The van der Waals surface area contributed by atoms with Crippen LogP contribution in [0.5, 0.6) is 0 Å². The molecule has 0 atom stereocenters. The maximum atomic E-state index is 11.8. The Balaban J connectivity index is 1.92. The van der Waals surface area contributed by atoms with Gasteiger partial charge in [-0.1, -0.05) is 0 Å². The van der Waals surface area contributed by atoms with E-state index in [0.717, 1.165) is 16.6 Å². The summed E-state index contributed by atoms with van der Waals surface area (Å²) in [5, 5.41) is 4.04. The Morgan fingerprint density at radius 3 is 2.38 bits per heavy atom. The molecule has 2 aromatic heterocycles. The van der Waals surface area contributed by atoms with E-state index in [9.17, 15) is 4.79 Å². The second kappa shape index (κ2) is 7.03. The van der Waals surface area contributed by atoms with Gasteiger partial charge in [-0.15, -0.1) is 0 Å². The quantitative estimate of drug-likeness (QED) is 0.719. The number of rotatable bonds is 4. The standard InChI is InChI=1S/C19H21N5O2/c1-6-26-17(25)15-9-20-18(21-13(15)5)24-19-22-12(4)14-7-10(2)11(3)8-16(14)23-19/h7-9H,6H2,1-5H3,(H,20,21,22,23,24). The number of benzene rings is 1. The maximum absolute atomic E-state index is 11.8. The number of hydrogen-bond donors (Lipinski definition) is 1. The van der Waals surface area contributed by atoms with Crippen LogP contribution in [0.25, 0.3) is 10.9 Å². The van der Waals surface area contributed by atoms with E-state index in [1.165, 1.54) is 17.3 Å². The highest BCUT2D eigenvalue weighted by Crippen LogP contribution is 2.22. The molecule has 2 heterocycles. The van der Waals surface area contributed by atoms with Gasteiger partial charge in [0.2, 0.25) is 11.9 Å². The molecule has 1 N–H and O–H groups in total. The minimum atomic E-state index is -0.430. The third-order valence-electron chi connectivity index (χ3n) is 4.20. The first-order valence-electron chi connectivity index (χ1n) is 8.42. The van der Waals surface area contributed by atoms with E-state index in [1.54, 1.807) is 13.8 Å². The number of aryl methyl sites for hydroxylation is 4. The molecule has 0 radical (unpaired) electrons. The SMILES string of the molecule is CCOC(=O)c1cnc(Nc2nc(C)c3cc(C)c(C)cc3n2)nc1C. The number of hydrogen-bond acceptors (Lipinski definition) is 7. The van der Waals surface area contributed by atoms with Crippen LogP contribution >= 0.6 is 0 Å². The Morgan fingerprint density at radius 1 is 1.00 bits per heavy atom. The largest absolute Gasteiger partial charge is 0.462 e. The molecule has 0 saturated heterocycles. The van der Waals surface area contributed by atoms with E-state index in [-0.39, 0.29) is 0 Å². The minimum Gasteiger partial charge on any atom is -0.462 e. The highest BCUT2D eigenvalue weighted by atomic mass is 16.5. The molecule has 7 nitrogen and oxygen atoms in total. The summed E-state index contributed by atoms with van der Waals surface area (Å²) in [5.74, 6) is 0.319. The second-order valence-corrected chi connectivity index (χ2v) is 6.12. The van der Waals surface area contributed by atoms with Crippen LogP contribution in [0.1, 0.15) is 39.8 Å². The maximum Gasteiger partial charge on any atom is 0.341 e. The van der Waals surface area contributed by atoms with Gasteiger partial charge in [0.15, 0.2) is 0 Å². The van der Waals surface area contributed by atoms with Crippen molar-refractivity contribution in [3.05, 3.63) is 46.4 Å². The molecule has 0 aliphatic carbocycles. The van der Waals surface area contributed by atoms with Gasteiger partial charge in [-0.3, -0.25) is 5.32 Å². The highest BCUT2D eigenvalue weighted by Gasteiger charge is 2.14. The van der Waals surface area contributed by atoms with Crippen molar-refractivity contribution < 1.29 is 9.53 Å². The van der Waals surface area contributed by atoms with Gasteiger partial charge in [0.1, 0.15) is 0 Å². The van der Waals surface area contributed by atoms with Crippen LogP contribution in [0, 0.1) is 27.7 Å². The number of ether oxygens (including phenoxy) is 1. The summed E-state index contributed by atoms with van der Waals surface area (Å²) < 4.78 is 4.99. The lowest BCUT2D eigenvalue weighted by Gasteiger charge is -2.10. The molecule has 0 saturated carbocycles. The van der Waals surface area contributed by atoms with Crippen molar-refractivity contribution in [1.29, 1.82) is 0 Å². The topological polar surface area (TPSA) is 89.9 Å². The van der Waals surface area contributed by atoms with Gasteiger partial charge in [0.25, 0.3) is 0 Å². The Labute approximate surface area is 151 Å². The number of aromatic nitrogens is 4. The van der Waals surface area contributed by atoms with Crippen molar-refractivity contribution in [2.24, 2.45) is 0 Å². The number of carbonyl (C=O) groups is 1. The molecule has 0 bridgehead atoms. The molecular formula is C19H21N5O2. The Bertz CT molecular complexity index is 1000. The van der Waals surface area contributed by atoms with E-state index in [4.69, 9.17) is 4.74 Å². The summed E-state index contributed by atoms with van der Waals surface area (Å²) in [4.78, 5) is 29.4. The van der Waals surface area contributed by atoms with Crippen LogP contribution < -0.4 is 5.32 Å². The van der Waals surface area contributed by atoms with Gasteiger partial charge in [-0.05, 0) is 57.9 Å². The lowest BCUT2D eigenvalue weighted by molar-refractivity contribution is 0.0524. The fourth-order valence-electron chi connectivity index (χ4n) is 2.63. The molecule has 0 unspecified atom stereocenters. The summed E-state index contributed by atoms with van der Waals surface area (Å²) in [6, 6.07) is 4.14. The van der Waals surface area contributed by atoms with Gasteiger partial charge in [-0.2, -0.15) is 0 Å². The van der Waals surface area contributed by atoms with E-state index >= 15 is 0 Å². The third-order valence-corrected chi connectivity index (χ3v) is 4.20. The predicted octanol–water partition coefficient (Wildman–Crippen LogP) is 3.57. The zero-order valence-electron chi connectivity index (χ0n) is 15.5. The van der Waals surface area contributed by atoms with Gasteiger partial charge >= 0.3 is 5.97 Å². The molecule has 0 aliphatic rings. The van der Waals surface area contributed by atoms with Crippen LogP contribution in [0.4, 0.5) is 11.9 Å². The molecule has 0 fully saturated rings. The average Bonchev–Trinajstić information content (AvgIpc) is 2.57. The molecule has 0 amide bonds. The van der Waals surface area contributed by atoms with Crippen molar-refractivity contribution in [2.75, 3.05) is 11.9 Å². The molecular weight excluding hydrogens is 330 g/mol. The van der Waals surface area contributed by atoms with Crippen LogP contribution in [0.2, 0.25) is 0 Å². The lowest BCUT2D eigenvalue weighted by atomic mass is 10.1. The van der Waals surface area contributed by atoms with Crippen LogP contribution in [-0.4, -0.2) is 32.5 Å². The van der Waals surface area contributed by atoms with Gasteiger partial charge in [0, 0.05) is 11.6 Å². The zero-order valence-corrected chi connectivity index (χ0v) is 15.5. The van der Waals surface area contributed by atoms with Crippen molar-refractivity contribution >= 4 is 28.8 Å². The fraction of sp³-hybridized carbons (Fsp3) is 0.316. The smallest absolute Gasteiger partial charge is 0.341 e. The number of anilines is 2. The monoisotopic (exact) mass is 351 g/mol.